The van der Waals surface area contributed by atoms with Gasteiger partial charge < -0.3 is 10.0 Å². The molecule has 8 nitrogen and oxygen atoms in total. The number of carbonyl (C=O) groups is 1. The van der Waals surface area contributed by atoms with Crippen LogP contribution in [-0.2, 0) is 11.3 Å². The molecule has 0 saturated carbocycles. The third kappa shape index (κ3) is 4.01. The van der Waals surface area contributed by atoms with E-state index < -0.39 is 4.92 Å². The fourth-order valence-electron chi connectivity index (χ4n) is 2.24. The zero-order chi connectivity index (χ0) is 16.2. The monoisotopic (exact) mass is 298 g/mol. The summed E-state index contributed by atoms with van der Waals surface area (Å²) >= 11 is 0. The van der Waals surface area contributed by atoms with Gasteiger partial charge in [0.25, 0.3) is 0 Å². The number of aryl methyl sites for hydroxylation is 1. The molecule has 1 aromatic heterocycles. The second-order valence-electron chi connectivity index (χ2n) is 5.19. The van der Waals surface area contributed by atoms with Crippen LogP contribution in [0, 0.1) is 24.0 Å². The Bertz CT molecular complexity index is 524. The van der Waals surface area contributed by atoms with Gasteiger partial charge in [0.1, 0.15) is 17.9 Å². The number of hydrogen-bond donors (Lipinski definition) is 1. The summed E-state index contributed by atoms with van der Waals surface area (Å²) in [5, 5.41) is 23.9. The van der Waals surface area contributed by atoms with Crippen LogP contribution >= 0.6 is 0 Å². The maximum atomic E-state index is 12.3. The SMILES string of the molecule is Cc1nn(CC(=O)N(CCCO)C(C)C)c(C)c1[N+](=O)[O-]. The fraction of sp³-hybridized carbons (Fsp3) is 0.692. The number of nitro groups is 1. The number of aromatic nitrogens is 2. The van der Waals surface area contributed by atoms with Gasteiger partial charge in [-0.3, -0.25) is 19.6 Å². The van der Waals surface area contributed by atoms with E-state index in [1.807, 2.05) is 13.8 Å². The molecular weight excluding hydrogens is 276 g/mol. The average Bonchev–Trinajstić information content (AvgIpc) is 2.64. The van der Waals surface area contributed by atoms with Crippen LogP contribution in [-0.4, -0.2) is 49.8 Å². The molecule has 0 atom stereocenters. The van der Waals surface area contributed by atoms with E-state index in [2.05, 4.69) is 5.10 Å². The molecule has 1 aromatic rings. The molecule has 0 saturated heterocycles. The van der Waals surface area contributed by atoms with Crippen molar-refractivity contribution in [3.63, 3.8) is 0 Å². The van der Waals surface area contributed by atoms with Crippen LogP contribution in [0.4, 0.5) is 5.69 Å². The largest absolute Gasteiger partial charge is 0.396 e. The van der Waals surface area contributed by atoms with E-state index in [-0.39, 0.29) is 30.8 Å². The zero-order valence-electron chi connectivity index (χ0n) is 12.9. The Morgan fingerprint density at radius 2 is 2.10 bits per heavy atom. The van der Waals surface area contributed by atoms with E-state index in [0.717, 1.165) is 0 Å². The van der Waals surface area contributed by atoms with Crippen molar-refractivity contribution < 1.29 is 14.8 Å². The van der Waals surface area contributed by atoms with Crippen molar-refractivity contribution in [3.05, 3.63) is 21.5 Å². The molecule has 1 amide bonds. The molecule has 1 N–H and O–H groups in total. The van der Waals surface area contributed by atoms with Crippen LogP contribution in [0.5, 0.6) is 0 Å². The highest BCUT2D eigenvalue weighted by molar-refractivity contribution is 5.76. The Morgan fingerprint density at radius 3 is 2.52 bits per heavy atom. The van der Waals surface area contributed by atoms with Crippen LogP contribution in [0.3, 0.4) is 0 Å². The van der Waals surface area contributed by atoms with E-state index in [1.54, 1.807) is 18.7 Å². The van der Waals surface area contributed by atoms with Gasteiger partial charge in [-0.1, -0.05) is 0 Å². The van der Waals surface area contributed by atoms with E-state index in [9.17, 15) is 14.9 Å². The Morgan fingerprint density at radius 1 is 1.48 bits per heavy atom. The molecule has 0 aliphatic heterocycles. The first-order valence-corrected chi connectivity index (χ1v) is 6.88. The summed E-state index contributed by atoms with van der Waals surface area (Å²) in [5.41, 5.74) is 0.628. The van der Waals surface area contributed by atoms with Gasteiger partial charge in [0, 0.05) is 19.2 Å². The Hall–Kier alpha value is -1.96. The average molecular weight is 298 g/mol. The molecular formula is C13H22N4O4. The molecule has 0 fully saturated rings. The number of rotatable bonds is 7. The summed E-state index contributed by atoms with van der Waals surface area (Å²) in [6, 6.07) is -0.00370. The van der Waals surface area contributed by atoms with Gasteiger partial charge >= 0.3 is 5.69 Å². The number of nitrogens with zero attached hydrogens (tertiary/aromatic N) is 4. The van der Waals surface area contributed by atoms with Gasteiger partial charge in [-0.2, -0.15) is 5.10 Å². The van der Waals surface area contributed by atoms with Gasteiger partial charge in [-0.15, -0.1) is 0 Å². The molecule has 0 aromatic carbocycles. The van der Waals surface area contributed by atoms with Crippen LogP contribution < -0.4 is 0 Å². The minimum atomic E-state index is -0.482. The summed E-state index contributed by atoms with van der Waals surface area (Å²) in [4.78, 5) is 24.4. The minimum Gasteiger partial charge on any atom is -0.396 e. The van der Waals surface area contributed by atoms with E-state index in [4.69, 9.17) is 5.11 Å². The number of carbonyl (C=O) groups excluding carboxylic acids is 1. The van der Waals surface area contributed by atoms with Gasteiger partial charge in [0.05, 0.1) is 4.92 Å². The predicted octanol–water partition coefficient (Wildman–Crippen LogP) is 1.03. The van der Waals surface area contributed by atoms with E-state index in [1.165, 1.54) is 4.68 Å². The smallest absolute Gasteiger partial charge is 0.312 e. The van der Waals surface area contributed by atoms with Crippen molar-refractivity contribution in [1.29, 1.82) is 0 Å². The molecule has 1 heterocycles. The summed E-state index contributed by atoms with van der Waals surface area (Å²) in [7, 11) is 0. The van der Waals surface area contributed by atoms with Gasteiger partial charge in [0.15, 0.2) is 0 Å². The van der Waals surface area contributed by atoms with Crippen molar-refractivity contribution in [2.75, 3.05) is 13.2 Å². The first-order chi connectivity index (χ1) is 9.79. The number of amides is 1. The third-order valence-electron chi connectivity index (χ3n) is 3.31. The first kappa shape index (κ1) is 17.1. The fourth-order valence-corrected chi connectivity index (χ4v) is 2.24. The second-order valence-corrected chi connectivity index (χ2v) is 5.19. The maximum Gasteiger partial charge on any atom is 0.312 e. The topological polar surface area (TPSA) is 102 Å². The molecule has 0 aliphatic carbocycles. The molecule has 118 valence electrons. The van der Waals surface area contributed by atoms with Crippen molar-refractivity contribution in [1.82, 2.24) is 14.7 Å². The molecule has 0 bridgehead atoms. The molecule has 1 rings (SSSR count). The number of aliphatic hydroxyl groups is 1. The first-order valence-electron chi connectivity index (χ1n) is 6.88. The maximum absolute atomic E-state index is 12.3. The highest BCUT2D eigenvalue weighted by Crippen LogP contribution is 2.21. The van der Waals surface area contributed by atoms with Crippen LogP contribution in [0.25, 0.3) is 0 Å². The molecule has 8 heteroatoms. The summed E-state index contributed by atoms with van der Waals surface area (Å²) in [6.45, 7) is 7.34. The van der Waals surface area contributed by atoms with Crippen LogP contribution in [0.2, 0.25) is 0 Å². The predicted molar refractivity (Wildman–Crippen MR) is 76.9 cm³/mol. The Labute approximate surface area is 123 Å². The van der Waals surface area contributed by atoms with Gasteiger partial charge in [0.2, 0.25) is 5.91 Å². The Balaban J connectivity index is 2.91. The molecule has 0 radical (unpaired) electrons. The van der Waals surface area contributed by atoms with Gasteiger partial charge in [-0.05, 0) is 34.1 Å². The highest BCUT2D eigenvalue weighted by atomic mass is 16.6. The van der Waals surface area contributed by atoms with E-state index >= 15 is 0 Å². The standard InChI is InChI=1S/C13H22N4O4/c1-9(2)15(6-5-7-18)12(19)8-16-11(4)13(17(20)21)10(3)14-16/h9,18H,5-8H2,1-4H3. The normalized spacial score (nSPS) is 11.0. The van der Waals surface area contributed by atoms with Crippen molar-refractivity contribution in [2.45, 2.75) is 46.7 Å². The molecule has 21 heavy (non-hydrogen) atoms. The lowest BCUT2D eigenvalue weighted by molar-refractivity contribution is -0.386. The highest BCUT2D eigenvalue weighted by Gasteiger charge is 2.24. The number of aliphatic hydroxyl groups excluding tert-OH is 1. The molecule has 0 spiro atoms. The lowest BCUT2D eigenvalue weighted by Gasteiger charge is -2.26. The molecule has 0 aliphatic rings. The quantitative estimate of drug-likeness (QED) is 0.598. The second kappa shape index (κ2) is 7.16. The third-order valence-corrected chi connectivity index (χ3v) is 3.31. The zero-order valence-corrected chi connectivity index (χ0v) is 12.9. The minimum absolute atomic E-state index is 0.00370. The van der Waals surface area contributed by atoms with Gasteiger partial charge in [-0.25, -0.2) is 0 Å². The van der Waals surface area contributed by atoms with Crippen LogP contribution in [0.15, 0.2) is 0 Å². The summed E-state index contributed by atoms with van der Waals surface area (Å²) < 4.78 is 1.37. The Kier molecular flexibility index (Phi) is 5.83. The van der Waals surface area contributed by atoms with Crippen molar-refractivity contribution >= 4 is 11.6 Å². The number of hydrogen-bond acceptors (Lipinski definition) is 5. The summed E-state index contributed by atoms with van der Waals surface area (Å²) in [6.07, 6.45) is 0.501. The van der Waals surface area contributed by atoms with Crippen LogP contribution in [0.1, 0.15) is 31.7 Å². The van der Waals surface area contributed by atoms with Crippen molar-refractivity contribution in [3.8, 4) is 0 Å². The van der Waals surface area contributed by atoms with Crippen molar-refractivity contribution in [2.24, 2.45) is 0 Å². The summed E-state index contributed by atoms with van der Waals surface area (Å²) in [5.74, 6) is -0.168. The lowest BCUT2D eigenvalue weighted by Crippen LogP contribution is -2.40. The van der Waals surface area contributed by atoms with E-state index in [0.29, 0.717) is 24.4 Å². The molecule has 0 unspecified atom stereocenters. The lowest BCUT2D eigenvalue weighted by atomic mass is 10.2.